The number of para-hydroxylation sites is 1. The lowest BCUT2D eigenvalue weighted by atomic mass is 10.2. The summed E-state index contributed by atoms with van der Waals surface area (Å²) in [5, 5.41) is 5.45. The molecule has 0 aromatic heterocycles. The van der Waals surface area contributed by atoms with Crippen LogP contribution in [0.15, 0.2) is 54.6 Å². The molecule has 2 unspecified atom stereocenters. The van der Waals surface area contributed by atoms with Gasteiger partial charge in [-0.2, -0.15) is 0 Å². The number of carbonyl (C=O) groups excluding carboxylic acids is 2. The number of benzene rings is 2. The predicted octanol–water partition coefficient (Wildman–Crippen LogP) is 3.08. The molecule has 3 rings (SSSR count). The van der Waals surface area contributed by atoms with Crippen LogP contribution < -0.4 is 21.7 Å². The molecule has 1 saturated heterocycles. The molecule has 3 amide bonds. The lowest BCUT2D eigenvalue weighted by Gasteiger charge is -2.18. The van der Waals surface area contributed by atoms with Gasteiger partial charge < -0.3 is 16.4 Å². The van der Waals surface area contributed by atoms with Crippen molar-refractivity contribution < 1.29 is 23.2 Å². The van der Waals surface area contributed by atoms with Gasteiger partial charge in [-0.3, -0.25) is 4.79 Å². The molecule has 1 aliphatic heterocycles. The number of amides is 3. The third-order valence-electron chi connectivity index (χ3n) is 5.03. The van der Waals surface area contributed by atoms with Crippen molar-refractivity contribution in [3.8, 4) is 0 Å². The van der Waals surface area contributed by atoms with E-state index in [1.54, 1.807) is 28.9 Å². The summed E-state index contributed by atoms with van der Waals surface area (Å²) in [7, 11) is -3.74. The van der Waals surface area contributed by atoms with E-state index in [1.165, 1.54) is 0 Å². The van der Waals surface area contributed by atoms with E-state index in [0.717, 1.165) is 5.56 Å². The van der Waals surface area contributed by atoms with Gasteiger partial charge in [-0.25, -0.2) is 4.79 Å². The first-order valence-electron chi connectivity index (χ1n) is 10.2. The molecule has 0 saturated carbocycles. The van der Waals surface area contributed by atoms with Crippen molar-refractivity contribution in [1.29, 1.82) is 0 Å². The van der Waals surface area contributed by atoms with Gasteiger partial charge in [0.25, 0.3) is 0 Å². The summed E-state index contributed by atoms with van der Waals surface area (Å²) in [6.45, 7) is 1.05. The highest BCUT2D eigenvalue weighted by molar-refractivity contribution is 7.54. The highest BCUT2D eigenvalue weighted by Crippen LogP contribution is 2.41. The number of carbonyl (C=O) groups is 2. The molecule has 1 aliphatic rings. The van der Waals surface area contributed by atoms with E-state index in [2.05, 4.69) is 10.6 Å². The molecule has 0 aliphatic carbocycles. The number of primary amides is 1. The average Bonchev–Trinajstić information content (AvgIpc) is 2.82. The average molecular weight is 476 g/mol. The Hall–Kier alpha value is -2.70. The standard InChI is InChI=1S/C21H24N4O5P2/c22-21(27)23-14-20(26)24-18-8-4-5-9-19(18)31(28)17-10-12-25(13-11-17)32(29)30-15-16-6-2-1-3-7-16/h1-9,17H,10-15H2,(H2-2,22,23,24,26,27,28)/p+2. The molecule has 0 spiro atoms. The molecule has 168 valence electrons. The zero-order valence-electron chi connectivity index (χ0n) is 17.5. The highest BCUT2D eigenvalue weighted by Gasteiger charge is 2.42. The van der Waals surface area contributed by atoms with Gasteiger partial charge in [-0.15, -0.1) is 4.52 Å². The Balaban J connectivity index is 1.53. The largest absolute Gasteiger partial charge is 0.616 e. The van der Waals surface area contributed by atoms with Gasteiger partial charge in [0.15, 0.2) is 5.66 Å². The predicted molar refractivity (Wildman–Crippen MR) is 123 cm³/mol. The van der Waals surface area contributed by atoms with E-state index in [-0.39, 0.29) is 18.8 Å². The third-order valence-corrected chi connectivity index (χ3v) is 8.28. The molecule has 1 fully saturated rings. The number of nitrogens with zero attached hydrogens (tertiary/aromatic N) is 1. The fourth-order valence-corrected chi connectivity index (χ4v) is 6.04. The minimum absolute atomic E-state index is 0.0967. The monoisotopic (exact) mass is 476 g/mol. The highest BCUT2D eigenvalue weighted by atomic mass is 31.1. The minimum atomic E-state index is -1.96. The maximum Gasteiger partial charge on any atom is 0.616 e. The van der Waals surface area contributed by atoms with Gasteiger partial charge in [0.05, 0.1) is 25.3 Å². The maximum atomic E-state index is 13.2. The Kier molecular flexibility index (Phi) is 8.82. The first kappa shape index (κ1) is 24.0. The van der Waals surface area contributed by atoms with E-state index in [4.69, 9.17) is 10.3 Å². The van der Waals surface area contributed by atoms with Crippen LogP contribution >= 0.6 is 16.0 Å². The Bertz CT molecular complexity index is 981. The van der Waals surface area contributed by atoms with Crippen LogP contribution in [-0.2, 0) is 25.1 Å². The normalized spacial score (nSPS) is 15.6. The number of anilines is 1. The summed E-state index contributed by atoms with van der Waals surface area (Å²) in [5.74, 6) is -0.456. The zero-order chi connectivity index (χ0) is 22.9. The van der Waals surface area contributed by atoms with Crippen LogP contribution in [0.5, 0.6) is 0 Å². The summed E-state index contributed by atoms with van der Waals surface area (Å²) in [5.41, 5.74) is 6.29. The van der Waals surface area contributed by atoms with Gasteiger partial charge in [0.2, 0.25) is 11.2 Å². The van der Waals surface area contributed by atoms with Crippen LogP contribution in [0.25, 0.3) is 0 Å². The molecule has 9 nitrogen and oxygen atoms in total. The first-order chi connectivity index (χ1) is 15.4. The number of nitrogens with two attached hydrogens (primary N) is 1. The number of hydrogen-bond acceptors (Lipinski definition) is 5. The van der Waals surface area contributed by atoms with Crippen molar-refractivity contribution in [3.63, 3.8) is 0 Å². The Morgan fingerprint density at radius 3 is 2.38 bits per heavy atom. The van der Waals surface area contributed by atoms with Crippen LogP contribution in [-0.4, -0.2) is 41.9 Å². The van der Waals surface area contributed by atoms with E-state index in [1.807, 2.05) is 30.3 Å². The summed E-state index contributed by atoms with van der Waals surface area (Å²) in [6.07, 6.45) is 1.22. The van der Waals surface area contributed by atoms with Crippen LogP contribution in [0.4, 0.5) is 10.5 Å². The fourth-order valence-electron chi connectivity index (χ4n) is 3.37. The van der Waals surface area contributed by atoms with Gasteiger partial charge in [0.1, 0.15) is 6.61 Å². The second-order valence-electron chi connectivity index (χ2n) is 7.29. The third kappa shape index (κ3) is 6.90. The summed E-state index contributed by atoms with van der Waals surface area (Å²) >= 11 is 0. The number of hydrogen-bond donors (Lipinski definition) is 3. The fraction of sp³-hybridized carbons (Fsp3) is 0.333. The number of urea groups is 1. The molecule has 2 atom stereocenters. The molecule has 0 bridgehead atoms. The van der Waals surface area contributed by atoms with Gasteiger partial charge in [0, 0.05) is 12.8 Å². The van der Waals surface area contributed by atoms with Gasteiger partial charge >= 0.3 is 22.0 Å². The summed E-state index contributed by atoms with van der Waals surface area (Å²) in [4.78, 5) is 22.8. The Labute approximate surface area is 188 Å². The number of rotatable bonds is 9. The molecule has 4 N–H and O–H groups in total. The van der Waals surface area contributed by atoms with Crippen LogP contribution in [0.3, 0.4) is 0 Å². The number of nitrogens with one attached hydrogen (secondary N) is 2. The van der Waals surface area contributed by atoms with Crippen molar-refractivity contribution in [1.82, 2.24) is 9.99 Å². The summed E-state index contributed by atoms with van der Waals surface area (Å²) in [6, 6.07) is 15.7. The summed E-state index contributed by atoms with van der Waals surface area (Å²) < 4.78 is 33.0. The van der Waals surface area contributed by atoms with Gasteiger partial charge in [-0.05, 0) is 22.3 Å². The van der Waals surface area contributed by atoms with E-state index in [0.29, 0.717) is 36.9 Å². The smallest absolute Gasteiger partial charge is 0.352 e. The minimum Gasteiger partial charge on any atom is -0.352 e. The lowest BCUT2D eigenvalue weighted by molar-refractivity contribution is -0.115. The quantitative estimate of drug-likeness (QED) is 0.477. The van der Waals surface area contributed by atoms with Crippen molar-refractivity contribution in [2.75, 3.05) is 25.0 Å². The molecule has 11 heteroatoms. The molecule has 2 aromatic carbocycles. The number of piperidine rings is 1. The second-order valence-corrected chi connectivity index (χ2v) is 10.5. The van der Waals surface area contributed by atoms with Crippen molar-refractivity contribution in [3.05, 3.63) is 60.2 Å². The first-order valence-corrected chi connectivity index (χ1v) is 12.7. The van der Waals surface area contributed by atoms with Crippen LogP contribution in [0.2, 0.25) is 0 Å². The molecular weight excluding hydrogens is 450 g/mol. The van der Waals surface area contributed by atoms with E-state index < -0.39 is 27.9 Å². The van der Waals surface area contributed by atoms with Crippen molar-refractivity contribution in [2.45, 2.75) is 25.1 Å². The second kappa shape index (κ2) is 11.8. The lowest BCUT2D eigenvalue weighted by Crippen LogP contribution is -2.37. The molecule has 0 radical (unpaired) electrons. The SMILES string of the molecule is NC(=O)NCC(=O)Nc1ccccc1[P+](=O)C1CCN([P+](=O)OCc2ccccc2)CC1. The van der Waals surface area contributed by atoms with Crippen molar-refractivity contribution in [2.24, 2.45) is 5.73 Å². The Morgan fingerprint density at radius 1 is 1.03 bits per heavy atom. The molecular formula is C21H26N4O5P2+2. The topological polar surface area (TPSA) is 131 Å². The molecule has 32 heavy (non-hydrogen) atoms. The van der Waals surface area contributed by atoms with E-state index in [9.17, 15) is 18.7 Å². The Morgan fingerprint density at radius 2 is 1.69 bits per heavy atom. The van der Waals surface area contributed by atoms with Crippen molar-refractivity contribution >= 4 is 38.9 Å². The van der Waals surface area contributed by atoms with E-state index >= 15 is 0 Å². The van der Waals surface area contributed by atoms with Crippen LogP contribution in [0, 0.1) is 0 Å². The maximum absolute atomic E-state index is 13.2. The van der Waals surface area contributed by atoms with Gasteiger partial charge in [-0.1, -0.05) is 51.7 Å². The molecule has 2 aromatic rings. The van der Waals surface area contributed by atoms with Crippen LogP contribution in [0.1, 0.15) is 18.4 Å². The molecule has 1 heterocycles. The zero-order valence-corrected chi connectivity index (χ0v) is 19.3.